The van der Waals surface area contributed by atoms with Crippen molar-refractivity contribution in [2.45, 2.75) is 56.6 Å². The zero-order chi connectivity index (χ0) is 15.0. The summed E-state index contributed by atoms with van der Waals surface area (Å²) in [6.45, 7) is 5.73. The van der Waals surface area contributed by atoms with Crippen molar-refractivity contribution < 1.29 is 12.8 Å². The molecule has 0 aromatic heterocycles. The molecule has 2 rings (SSSR count). The summed E-state index contributed by atoms with van der Waals surface area (Å²) >= 11 is 0. The van der Waals surface area contributed by atoms with Crippen molar-refractivity contribution in [2.24, 2.45) is 0 Å². The molecule has 112 valence electrons. The molecule has 1 aliphatic rings. The minimum atomic E-state index is -3.85. The van der Waals surface area contributed by atoms with Gasteiger partial charge in [0.2, 0.25) is 10.0 Å². The van der Waals surface area contributed by atoms with E-state index in [9.17, 15) is 12.8 Å². The van der Waals surface area contributed by atoms with E-state index >= 15 is 0 Å². The van der Waals surface area contributed by atoms with Crippen LogP contribution in [0.15, 0.2) is 23.1 Å². The van der Waals surface area contributed by atoms with Crippen LogP contribution in [0.1, 0.15) is 39.2 Å². The lowest BCUT2D eigenvalue weighted by Gasteiger charge is -2.20. The Bertz CT molecular complexity index is 590. The number of hydrogen-bond acceptors (Lipinski definition) is 3. The summed E-state index contributed by atoms with van der Waals surface area (Å²) in [6.07, 6.45) is 2.30. The fourth-order valence-electron chi connectivity index (χ4n) is 1.87. The van der Waals surface area contributed by atoms with Gasteiger partial charge in [-0.15, -0.1) is 0 Å². The minimum Gasteiger partial charge on any atom is -0.310 e. The largest absolute Gasteiger partial charge is 0.310 e. The van der Waals surface area contributed by atoms with Crippen LogP contribution in [0.2, 0.25) is 0 Å². The monoisotopic (exact) mass is 300 g/mol. The summed E-state index contributed by atoms with van der Waals surface area (Å²) in [7, 11) is -3.85. The van der Waals surface area contributed by atoms with E-state index in [1.807, 2.05) is 0 Å². The number of benzene rings is 1. The van der Waals surface area contributed by atoms with E-state index in [4.69, 9.17) is 0 Å². The molecule has 0 amide bonds. The average Bonchev–Trinajstić information content (AvgIpc) is 3.08. The van der Waals surface area contributed by atoms with Gasteiger partial charge in [-0.25, -0.2) is 17.5 Å². The van der Waals surface area contributed by atoms with Gasteiger partial charge in [-0.1, -0.05) is 6.07 Å². The van der Waals surface area contributed by atoms with Crippen LogP contribution in [0.25, 0.3) is 0 Å². The van der Waals surface area contributed by atoms with Gasteiger partial charge < -0.3 is 5.32 Å². The Labute approximate surface area is 119 Å². The maximum atomic E-state index is 13.8. The van der Waals surface area contributed by atoms with Gasteiger partial charge in [-0.05, 0) is 51.3 Å². The van der Waals surface area contributed by atoms with Crippen LogP contribution in [0.5, 0.6) is 0 Å². The standard InChI is InChI=1S/C14H21FN2O2S/c1-14(2,3)17-20(18,19)13-8-10(4-7-12(13)15)9-16-11-5-6-11/h4,7-8,11,16-17H,5-6,9H2,1-3H3. The van der Waals surface area contributed by atoms with E-state index in [1.54, 1.807) is 26.8 Å². The van der Waals surface area contributed by atoms with Gasteiger partial charge >= 0.3 is 0 Å². The Kier molecular flexibility index (Phi) is 4.18. The van der Waals surface area contributed by atoms with Crippen molar-refractivity contribution in [3.05, 3.63) is 29.6 Å². The second kappa shape index (κ2) is 5.42. The first-order valence-corrected chi connectivity index (χ1v) is 8.21. The van der Waals surface area contributed by atoms with Crippen LogP contribution in [-0.2, 0) is 16.6 Å². The molecule has 0 heterocycles. The lowest BCUT2D eigenvalue weighted by atomic mass is 10.1. The summed E-state index contributed by atoms with van der Waals surface area (Å²) < 4.78 is 40.7. The fourth-order valence-corrected chi connectivity index (χ4v) is 3.42. The van der Waals surface area contributed by atoms with Gasteiger partial charge in [0, 0.05) is 18.1 Å². The van der Waals surface area contributed by atoms with Crippen molar-refractivity contribution in [3.63, 3.8) is 0 Å². The molecule has 6 heteroatoms. The second-order valence-corrected chi connectivity index (χ2v) is 7.93. The first-order chi connectivity index (χ1) is 9.17. The highest BCUT2D eigenvalue weighted by atomic mass is 32.2. The molecule has 0 atom stereocenters. The smallest absolute Gasteiger partial charge is 0.243 e. The first-order valence-electron chi connectivity index (χ1n) is 6.73. The molecule has 1 saturated carbocycles. The van der Waals surface area contributed by atoms with E-state index in [2.05, 4.69) is 10.0 Å². The molecule has 1 aliphatic carbocycles. The van der Waals surface area contributed by atoms with E-state index in [0.29, 0.717) is 12.6 Å². The molecule has 4 nitrogen and oxygen atoms in total. The molecule has 1 aromatic carbocycles. The molecule has 1 fully saturated rings. The summed E-state index contributed by atoms with van der Waals surface area (Å²) in [4.78, 5) is -0.289. The molecule has 0 unspecified atom stereocenters. The predicted molar refractivity (Wildman–Crippen MR) is 76.3 cm³/mol. The topological polar surface area (TPSA) is 58.2 Å². The van der Waals surface area contributed by atoms with E-state index < -0.39 is 21.4 Å². The molecule has 0 radical (unpaired) electrons. The van der Waals surface area contributed by atoms with Crippen LogP contribution in [-0.4, -0.2) is 20.0 Å². The van der Waals surface area contributed by atoms with Crippen molar-refractivity contribution in [3.8, 4) is 0 Å². The molecular formula is C14H21FN2O2S. The third-order valence-corrected chi connectivity index (χ3v) is 4.67. The maximum absolute atomic E-state index is 13.8. The van der Waals surface area contributed by atoms with Crippen LogP contribution >= 0.6 is 0 Å². The van der Waals surface area contributed by atoms with Crippen LogP contribution < -0.4 is 10.0 Å². The number of sulfonamides is 1. The Hall–Kier alpha value is -0.980. The zero-order valence-corrected chi connectivity index (χ0v) is 12.8. The van der Waals surface area contributed by atoms with E-state index in [0.717, 1.165) is 18.4 Å². The third kappa shape index (κ3) is 4.26. The van der Waals surface area contributed by atoms with Crippen LogP contribution in [0, 0.1) is 5.82 Å². The molecule has 2 N–H and O–H groups in total. The van der Waals surface area contributed by atoms with Crippen LogP contribution in [0.4, 0.5) is 4.39 Å². The number of nitrogens with one attached hydrogen (secondary N) is 2. The highest BCUT2D eigenvalue weighted by molar-refractivity contribution is 7.89. The lowest BCUT2D eigenvalue weighted by Crippen LogP contribution is -2.40. The molecular weight excluding hydrogens is 279 g/mol. The maximum Gasteiger partial charge on any atom is 0.243 e. The summed E-state index contributed by atoms with van der Waals surface area (Å²) in [5.74, 6) is -0.725. The normalized spacial score (nSPS) is 16.4. The SMILES string of the molecule is CC(C)(C)NS(=O)(=O)c1cc(CNC2CC2)ccc1F. The Balaban J connectivity index is 2.22. The number of hydrogen-bond donors (Lipinski definition) is 2. The van der Waals surface area contributed by atoms with E-state index in [1.165, 1.54) is 12.1 Å². The highest BCUT2D eigenvalue weighted by Gasteiger charge is 2.25. The average molecular weight is 300 g/mol. The van der Waals surface area contributed by atoms with Gasteiger partial charge in [0.05, 0.1) is 0 Å². The van der Waals surface area contributed by atoms with Crippen LogP contribution in [0.3, 0.4) is 0 Å². The summed E-state index contributed by atoms with van der Waals surface area (Å²) in [5, 5.41) is 3.28. The molecule has 0 saturated heterocycles. The summed E-state index contributed by atoms with van der Waals surface area (Å²) in [6, 6.07) is 4.74. The minimum absolute atomic E-state index is 0.289. The molecule has 0 spiro atoms. The Morgan fingerprint density at radius 1 is 1.30 bits per heavy atom. The Morgan fingerprint density at radius 3 is 2.50 bits per heavy atom. The lowest BCUT2D eigenvalue weighted by molar-refractivity contribution is 0.486. The second-order valence-electron chi connectivity index (χ2n) is 6.28. The predicted octanol–water partition coefficient (Wildman–Crippen LogP) is 2.15. The van der Waals surface area contributed by atoms with Gasteiger partial charge in [0.25, 0.3) is 0 Å². The molecule has 0 bridgehead atoms. The van der Waals surface area contributed by atoms with E-state index in [-0.39, 0.29) is 4.90 Å². The van der Waals surface area contributed by atoms with Crippen molar-refractivity contribution in [2.75, 3.05) is 0 Å². The van der Waals surface area contributed by atoms with Crippen molar-refractivity contribution in [1.82, 2.24) is 10.0 Å². The summed E-state index contributed by atoms with van der Waals surface area (Å²) in [5.41, 5.74) is 0.126. The molecule has 1 aromatic rings. The quantitative estimate of drug-likeness (QED) is 0.876. The van der Waals surface area contributed by atoms with Gasteiger partial charge in [0.1, 0.15) is 10.7 Å². The fraction of sp³-hybridized carbons (Fsp3) is 0.571. The number of halogens is 1. The number of rotatable bonds is 5. The third-order valence-electron chi connectivity index (χ3n) is 2.90. The van der Waals surface area contributed by atoms with Gasteiger partial charge in [0.15, 0.2) is 0 Å². The van der Waals surface area contributed by atoms with Crippen molar-refractivity contribution >= 4 is 10.0 Å². The van der Waals surface area contributed by atoms with Gasteiger partial charge in [-0.2, -0.15) is 0 Å². The Morgan fingerprint density at radius 2 is 1.95 bits per heavy atom. The molecule has 0 aliphatic heterocycles. The highest BCUT2D eigenvalue weighted by Crippen LogP contribution is 2.21. The van der Waals surface area contributed by atoms with Crippen molar-refractivity contribution in [1.29, 1.82) is 0 Å². The molecule has 20 heavy (non-hydrogen) atoms. The zero-order valence-electron chi connectivity index (χ0n) is 12.0. The first kappa shape index (κ1) is 15.4. The van der Waals surface area contributed by atoms with Gasteiger partial charge in [-0.3, -0.25) is 0 Å².